The molecule has 0 heterocycles. The second-order valence-electron chi connectivity index (χ2n) is 2.71. The summed E-state index contributed by atoms with van der Waals surface area (Å²) in [5.74, 6) is 0.515. The minimum absolute atomic E-state index is 0.143. The van der Waals surface area contributed by atoms with Gasteiger partial charge in [-0.05, 0) is 11.4 Å². The van der Waals surface area contributed by atoms with Crippen LogP contribution in [0.5, 0.6) is 0 Å². The molecule has 0 aliphatic rings. The van der Waals surface area contributed by atoms with E-state index in [2.05, 4.69) is 23.9 Å². The van der Waals surface area contributed by atoms with E-state index < -0.39 is 0 Å². The first-order chi connectivity index (χ1) is 4.72. The van der Waals surface area contributed by atoms with Gasteiger partial charge in [0.05, 0.1) is 0 Å². The second kappa shape index (κ2) is 5.12. The second-order valence-corrected chi connectivity index (χ2v) is 2.71. The smallest absolute Gasteiger partial charge is 0.0371 e. The standard InChI is InChI=1S/C7H15N3/c1-4-5-6(2)7(3)9-10-8/h6-7H,4-5H2,1-3H3. The highest BCUT2D eigenvalue weighted by molar-refractivity contribution is 4.67. The number of rotatable bonds is 4. The largest absolute Gasteiger partial charge is 0.0906 e. The SMILES string of the molecule is CCCC(C)C(C)N=[N+]=[N-]. The summed E-state index contributed by atoms with van der Waals surface area (Å²) in [6, 6.07) is 0.143. The summed E-state index contributed by atoms with van der Waals surface area (Å²) < 4.78 is 0. The Kier molecular flexibility index (Phi) is 4.77. The predicted octanol–water partition coefficient (Wildman–Crippen LogP) is 3.12. The fraction of sp³-hybridized carbons (Fsp3) is 1.00. The third-order valence-corrected chi connectivity index (χ3v) is 1.80. The summed E-state index contributed by atoms with van der Waals surface area (Å²) in [4.78, 5) is 2.76. The summed E-state index contributed by atoms with van der Waals surface area (Å²) in [6.07, 6.45) is 2.30. The lowest BCUT2D eigenvalue weighted by Gasteiger charge is -2.12. The summed E-state index contributed by atoms with van der Waals surface area (Å²) in [5.41, 5.74) is 8.11. The van der Waals surface area contributed by atoms with Crippen LogP contribution in [0.4, 0.5) is 0 Å². The van der Waals surface area contributed by atoms with Gasteiger partial charge in [-0.1, -0.05) is 38.7 Å². The lowest BCUT2D eigenvalue weighted by atomic mass is 9.99. The van der Waals surface area contributed by atoms with Gasteiger partial charge in [0.1, 0.15) is 0 Å². The molecule has 0 amide bonds. The Balaban J connectivity index is 3.69. The van der Waals surface area contributed by atoms with E-state index in [1.807, 2.05) is 6.92 Å². The highest BCUT2D eigenvalue weighted by Gasteiger charge is 2.07. The van der Waals surface area contributed by atoms with Crippen LogP contribution in [0.2, 0.25) is 0 Å². The number of nitrogens with zero attached hydrogens (tertiary/aromatic N) is 3. The molecule has 3 heteroatoms. The molecule has 0 aromatic rings. The van der Waals surface area contributed by atoms with E-state index in [1.165, 1.54) is 0 Å². The number of hydrogen-bond donors (Lipinski definition) is 0. The molecule has 2 atom stereocenters. The molecule has 3 nitrogen and oxygen atoms in total. The van der Waals surface area contributed by atoms with E-state index in [0.717, 1.165) is 12.8 Å². The molecule has 0 spiro atoms. The van der Waals surface area contributed by atoms with Gasteiger partial charge in [-0.25, -0.2) is 0 Å². The van der Waals surface area contributed by atoms with Crippen LogP contribution in [0.15, 0.2) is 5.11 Å². The van der Waals surface area contributed by atoms with Crippen molar-refractivity contribution in [3.63, 3.8) is 0 Å². The molecular weight excluding hydrogens is 126 g/mol. The molecule has 0 aromatic heterocycles. The highest BCUT2D eigenvalue weighted by Crippen LogP contribution is 2.12. The van der Waals surface area contributed by atoms with E-state index in [9.17, 15) is 0 Å². The maximum absolute atomic E-state index is 8.11. The molecule has 58 valence electrons. The Bertz CT molecular complexity index is 127. The maximum atomic E-state index is 8.11. The van der Waals surface area contributed by atoms with E-state index in [1.54, 1.807) is 0 Å². The molecule has 2 unspecified atom stereocenters. The lowest BCUT2D eigenvalue weighted by molar-refractivity contribution is 0.445. The van der Waals surface area contributed by atoms with Crippen LogP contribution in [0.25, 0.3) is 10.4 Å². The fourth-order valence-electron chi connectivity index (χ4n) is 0.892. The lowest BCUT2D eigenvalue weighted by Crippen LogP contribution is -2.09. The van der Waals surface area contributed by atoms with Crippen LogP contribution in [0.1, 0.15) is 33.6 Å². The summed E-state index contributed by atoms with van der Waals surface area (Å²) >= 11 is 0. The molecule has 0 aliphatic carbocycles. The van der Waals surface area contributed by atoms with Crippen molar-refractivity contribution < 1.29 is 0 Å². The molecule has 10 heavy (non-hydrogen) atoms. The molecule has 0 N–H and O–H groups in total. The van der Waals surface area contributed by atoms with Crippen LogP contribution >= 0.6 is 0 Å². The van der Waals surface area contributed by atoms with Crippen LogP contribution in [-0.2, 0) is 0 Å². The zero-order valence-electron chi connectivity index (χ0n) is 6.91. The Labute approximate surface area is 62.1 Å². The molecule has 0 fully saturated rings. The molecule has 0 rings (SSSR count). The summed E-state index contributed by atoms with van der Waals surface area (Å²) in [7, 11) is 0. The van der Waals surface area contributed by atoms with E-state index in [4.69, 9.17) is 5.53 Å². The fourth-order valence-corrected chi connectivity index (χ4v) is 0.892. The molecule has 0 radical (unpaired) electrons. The molecule has 0 aliphatic heterocycles. The zero-order chi connectivity index (χ0) is 7.98. The first-order valence-electron chi connectivity index (χ1n) is 3.76. The Morgan fingerprint density at radius 1 is 1.50 bits per heavy atom. The van der Waals surface area contributed by atoms with Gasteiger partial charge in [0.15, 0.2) is 0 Å². The monoisotopic (exact) mass is 141 g/mol. The van der Waals surface area contributed by atoms with Gasteiger partial charge in [0, 0.05) is 11.0 Å². The predicted molar refractivity (Wildman–Crippen MR) is 42.7 cm³/mol. The van der Waals surface area contributed by atoms with Crippen molar-refractivity contribution in [2.75, 3.05) is 0 Å². The minimum atomic E-state index is 0.143. The van der Waals surface area contributed by atoms with Crippen LogP contribution in [-0.4, -0.2) is 6.04 Å². The number of hydrogen-bond acceptors (Lipinski definition) is 1. The van der Waals surface area contributed by atoms with Gasteiger partial charge in [0.25, 0.3) is 0 Å². The molecular formula is C7H15N3. The summed E-state index contributed by atoms with van der Waals surface area (Å²) in [6.45, 7) is 6.21. The first-order valence-corrected chi connectivity index (χ1v) is 3.76. The van der Waals surface area contributed by atoms with Crippen molar-refractivity contribution in [2.24, 2.45) is 11.0 Å². The van der Waals surface area contributed by atoms with Gasteiger partial charge < -0.3 is 0 Å². The van der Waals surface area contributed by atoms with Crippen molar-refractivity contribution in [2.45, 2.75) is 39.7 Å². The van der Waals surface area contributed by atoms with Crippen LogP contribution in [0.3, 0.4) is 0 Å². The van der Waals surface area contributed by atoms with Crippen LogP contribution in [0, 0.1) is 5.92 Å². The van der Waals surface area contributed by atoms with Gasteiger partial charge in [0.2, 0.25) is 0 Å². The average Bonchev–Trinajstić information content (AvgIpc) is 1.89. The van der Waals surface area contributed by atoms with Gasteiger partial charge in [-0.15, -0.1) is 0 Å². The van der Waals surface area contributed by atoms with E-state index in [-0.39, 0.29) is 6.04 Å². The highest BCUT2D eigenvalue weighted by atomic mass is 15.1. The Morgan fingerprint density at radius 2 is 2.10 bits per heavy atom. The van der Waals surface area contributed by atoms with Crippen molar-refractivity contribution in [1.82, 2.24) is 0 Å². The molecule has 0 bridgehead atoms. The van der Waals surface area contributed by atoms with E-state index >= 15 is 0 Å². The number of azide groups is 1. The van der Waals surface area contributed by atoms with Gasteiger partial charge >= 0.3 is 0 Å². The maximum Gasteiger partial charge on any atom is 0.0371 e. The van der Waals surface area contributed by atoms with Crippen molar-refractivity contribution in [3.8, 4) is 0 Å². The minimum Gasteiger partial charge on any atom is -0.0906 e. The van der Waals surface area contributed by atoms with Gasteiger partial charge in [-0.2, -0.15) is 0 Å². The molecule has 0 aromatic carbocycles. The van der Waals surface area contributed by atoms with E-state index in [0.29, 0.717) is 5.92 Å². The average molecular weight is 141 g/mol. The first kappa shape index (κ1) is 9.31. The Morgan fingerprint density at radius 3 is 2.50 bits per heavy atom. The third kappa shape index (κ3) is 3.36. The van der Waals surface area contributed by atoms with Gasteiger partial charge in [-0.3, -0.25) is 0 Å². The van der Waals surface area contributed by atoms with Crippen molar-refractivity contribution in [3.05, 3.63) is 10.4 Å². The quantitative estimate of drug-likeness (QED) is 0.328. The van der Waals surface area contributed by atoms with Crippen LogP contribution < -0.4 is 0 Å². The normalized spacial score (nSPS) is 15.5. The third-order valence-electron chi connectivity index (χ3n) is 1.80. The molecule has 0 saturated carbocycles. The Hall–Kier alpha value is -0.690. The summed E-state index contributed by atoms with van der Waals surface area (Å²) in [5, 5.41) is 3.62. The topological polar surface area (TPSA) is 48.8 Å². The molecule has 0 saturated heterocycles. The zero-order valence-corrected chi connectivity index (χ0v) is 6.91. The van der Waals surface area contributed by atoms with Crippen molar-refractivity contribution >= 4 is 0 Å². The van der Waals surface area contributed by atoms with Crippen molar-refractivity contribution in [1.29, 1.82) is 0 Å².